The second-order valence-electron chi connectivity index (χ2n) is 9.68. The van der Waals surface area contributed by atoms with Crippen LogP contribution in [0.2, 0.25) is 0 Å². The number of carbonyl (C=O) groups is 1. The first kappa shape index (κ1) is 33.0. The van der Waals surface area contributed by atoms with Crippen molar-refractivity contribution in [2.75, 3.05) is 13.2 Å². The van der Waals surface area contributed by atoms with Gasteiger partial charge in [0.2, 0.25) is 17.4 Å². The molecule has 2 heterocycles. The van der Waals surface area contributed by atoms with Crippen LogP contribution in [0.3, 0.4) is 0 Å². The number of nitrogens with zero attached hydrogens (tertiary/aromatic N) is 4. The molecule has 1 atom stereocenters. The highest BCUT2D eigenvalue weighted by Crippen LogP contribution is 2.40. The summed E-state index contributed by atoms with van der Waals surface area (Å²) in [4.78, 5) is 24.7. The maximum atomic E-state index is 16.0. The lowest BCUT2D eigenvalue weighted by molar-refractivity contribution is -0.151. The highest BCUT2D eigenvalue weighted by atomic mass is 19.1. The van der Waals surface area contributed by atoms with E-state index < -0.39 is 47.0 Å². The smallest absolute Gasteiger partial charge is 0.347 e. The monoisotopic (exact) mass is 638 g/mol. The number of benzene rings is 2. The van der Waals surface area contributed by atoms with E-state index in [-0.39, 0.29) is 54.9 Å². The number of halogens is 2. The van der Waals surface area contributed by atoms with Crippen molar-refractivity contribution in [3.8, 4) is 46.1 Å². The van der Waals surface area contributed by atoms with Crippen molar-refractivity contribution in [3.63, 3.8) is 0 Å². The molecule has 14 nitrogen and oxygen atoms in total. The van der Waals surface area contributed by atoms with Crippen molar-refractivity contribution in [1.29, 1.82) is 5.41 Å². The number of hydrogen-bond donors (Lipinski definition) is 5. The number of aliphatic imine (C=N–C) groups is 1. The number of guanidine groups is 1. The molecule has 2 aromatic heterocycles. The summed E-state index contributed by atoms with van der Waals surface area (Å²) in [6.45, 7) is 1.62. The Hall–Kier alpha value is -5.93. The van der Waals surface area contributed by atoms with Gasteiger partial charge in [-0.15, -0.1) is 0 Å². The highest BCUT2D eigenvalue weighted by Gasteiger charge is 2.31. The van der Waals surface area contributed by atoms with Gasteiger partial charge in [-0.2, -0.15) is 13.8 Å². The third kappa shape index (κ3) is 7.96. The summed E-state index contributed by atoms with van der Waals surface area (Å²) in [5.74, 6) is -7.18. The molecule has 2 aromatic carbocycles. The van der Waals surface area contributed by atoms with Crippen LogP contribution >= 0.6 is 0 Å². The van der Waals surface area contributed by atoms with Crippen molar-refractivity contribution in [2.45, 2.75) is 25.9 Å². The van der Waals surface area contributed by atoms with E-state index in [1.165, 1.54) is 18.2 Å². The molecule has 0 amide bonds. The number of nitrogens with one attached hydrogen (secondary N) is 1. The number of carbonyl (C=O) groups excluding carboxylic acids is 1. The van der Waals surface area contributed by atoms with Crippen LogP contribution in [-0.4, -0.2) is 56.7 Å². The molecule has 242 valence electrons. The molecule has 0 aliphatic heterocycles. The van der Waals surface area contributed by atoms with E-state index in [0.717, 1.165) is 6.07 Å². The number of aromatic nitrogens is 3. The van der Waals surface area contributed by atoms with E-state index >= 15 is 8.78 Å². The molecule has 0 saturated heterocycles. The zero-order chi connectivity index (χ0) is 33.4. The van der Waals surface area contributed by atoms with E-state index in [2.05, 4.69) is 15.0 Å². The van der Waals surface area contributed by atoms with Gasteiger partial charge >= 0.3 is 5.97 Å². The Morgan fingerprint density at radius 1 is 1.11 bits per heavy atom. The molecule has 8 N–H and O–H groups in total. The molecule has 0 aliphatic carbocycles. The zero-order valence-electron chi connectivity index (χ0n) is 24.9. The Labute approximate surface area is 261 Å². The summed E-state index contributed by atoms with van der Waals surface area (Å²) in [6, 6.07) is 10.1. The standard InChI is InChI=1S/C30H32F2N8O6/c1-3-43-29(42)20(8-5-11-38-30(35)36)45-24-22(31)27(44-18-7-4-6-17(14-18)26-37-12-13-40(26)2)39-28(23(24)32)46-21-15-16(25(33)34)9-10-19(21)41/h4,6-7,9-10,12-15,20,41H,3,5,8,11H2,1-2H3,(H3,33,34)(H4,35,36,38). The summed E-state index contributed by atoms with van der Waals surface area (Å²) in [6.07, 6.45) is 1.95. The van der Waals surface area contributed by atoms with Gasteiger partial charge in [0.15, 0.2) is 23.6 Å². The van der Waals surface area contributed by atoms with Crippen molar-refractivity contribution in [3.05, 3.63) is 72.1 Å². The Balaban J connectivity index is 1.78. The highest BCUT2D eigenvalue weighted by molar-refractivity contribution is 5.95. The molecule has 46 heavy (non-hydrogen) atoms. The van der Waals surface area contributed by atoms with Gasteiger partial charge in [0.25, 0.3) is 11.8 Å². The van der Waals surface area contributed by atoms with Gasteiger partial charge in [-0.05, 0) is 50.1 Å². The van der Waals surface area contributed by atoms with E-state index in [0.29, 0.717) is 11.4 Å². The van der Waals surface area contributed by atoms with Gasteiger partial charge in [-0.1, -0.05) is 12.1 Å². The molecule has 0 saturated carbocycles. The van der Waals surface area contributed by atoms with Crippen LogP contribution < -0.4 is 31.4 Å². The first-order valence-corrected chi connectivity index (χ1v) is 13.9. The Morgan fingerprint density at radius 2 is 1.85 bits per heavy atom. The summed E-state index contributed by atoms with van der Waals surface area (Å²) >= 11 is 0. The first-order valence-electron chi connectivity index (χ1n) is 13.9. The van der Waals surface area contributed by atoms with Crippen molar-refractivity contribution in [2.24, 2.45) is 29.2 Å². The molecule has 0 spiro atoms. The quantitative estimate of drug-likeness (QED) is 0.0580. The molecular formula is C30H32F2N8O6. The zero-order valence-corrected chi connectivity index (χ0v) is 24.9. The van der Waals surface area contributed by atoms with Gasteiger partial charge in [0.05, 0.1) is 6.61 Å². The van der Waals surface area contributed by atoms with E-state index in [4.69, 9.17) is 41.6 Å². The van der Waals surface area contributed by atoms with Gasteiger partial charge in [0.1, 0.15) is 17.4 Å². The van der Waals surface area contributed by atoms with Crippen LogP contribution in [-0.2, 0) is 16.6 Å². The van der Waals surface area contributed by atoms with Gasteiger partial charge in [0, 0.05) is 37.1 Å². The van der Waals surface area contributed by atoms with E-state index in [9.17, 15) is 9.90 Å². The third-order valence-electron chi connectivity index (χ3n) is 6.31. The number of nitrogens with two attached hydrogens (primary N) is 3. The second kappa shape index (κ2) is 14.7. The Morgan fingerprint density at radius 3 is 2.50 bits per heavy atom. The lowest BCUT2D eigenvalue weighted by atomic mass is 10.2. The fraction of sp³-hybridized carbons (Fsp3) is 0.233. The number of rotatable bonds is 14. The number of aryl methyl sites for hydroxylation is 1. The normalized spacial score (nSPS) is 11.4. The molecule has 4 aromatic rings. The van der Waals surface area contributed by atoms with Crippen LogP contribution in [0.25, 0.3) is 11.4 Å². The SMILES string of the molecule is CCOC(=O)C(CCCN=C(N)N)Oc1c(F)c(Oc2cccc(-c3nccn3C)c2)nc(Oc2cc(C(=N)N)ccc2O)c1F. The van der Waals surface area contributed by atoms with Crippen LogP contribution in [0.15, 0.2) is 59.9 Å². The number of pyridine rings is 1. The Kier molecular flexibility index (Phi) is 10.5. The van der Waals surface area contributed by atoms with Crippen LogP contribution in [0.1, 0.15) is 25.3 Å². The number of ether oxygens (including phenoxy) is 4. The number of phenolic OH excluding ortho intramolecular Hbond substituents is 1. The fourth-order valence-corrected chi connectivity index (χ4v) is 4.13. The largest absolute Gasteiger partial charge is 0.504 e. The molecule has 0 aliphatic rings. The van der Waals surface area contributed by atoms with Gasteiger partial charge < -0.3 is 45.8 Å². The van der Waals surface area contributed by atoms with E-state index in [1.54, 1.807) is 49.1 Å². The van der Waals surface area contributed by atoms with E-state index in [1.807, 2.05) is 0 Å². The number of aromatic hydroxyl groups is 1. The molecule has 0 fully saturated rings. The molecule has 1 unspecified atom stereocenters. The van der Waals surface area contributed by atoms with Crippen molar-refractivity contribution >= 4 is 17.8 Å². The number of nitrogen functional groups attached to an aromatic ring is 1. The molecule has 0 radical (unpaired) electrons. The molecule has 0 bridgehead atoms. The summed E-state index contributed by atoms with van der Waals surface area (Å²) in [5, 5.41) is 18.0. The predicted octanol–water partition coefficient (Wildman–Crippen LogP) is 3.70. The maximum absolute atomic E-state index is 16.0. The minimum absolute atomic E-state index is 0.0330. The van der Waals surface area contributed by atoms with Gasteiger partial charge in [-0.25, -0.2) is 9.78 Å². The topological polar surface area (TPSA) is 219 Å². The van der Waals surface area contributed by atoms with Crippen molar-refractivity contribution in [1.82, 2.24) is 14.5 Å². The minimum atomic E-state index is -1.50. The number of amidine groups is 1. The average Bonchev–Trinajstić information content (AvgIpc) is 3.45. The maximum Gasteiger partial charge on any atom is 0.347 e. The minimum Gasteiger partial charge on any atom is -0.504 e. The third-order valence-corrected chi connectivity index (χ3v) is 6.31. The summed E-state index contributed by atoms with van der Waals surface area (Å²) < 4.78 is 55.6. The number of phenols is 1. The predicted molar refractivity (Wildman–Crippen MR) is 163 cm³/mol. The fourth-order valence-electron chi connectivity index (χ4n) is 4.13. The first-order chi connectivity index (χ1) is 22.0. The Bertz CT molecular complexity index is 1760. The summed E-state index contributed by atoms with van der Waals surface area (Å²) in [7, 11) is 1.79. The lowest BCUT2D eigenvalue weighted by Crippen LogP contribution is -2.31. The number of hydrogen-bond acceptors (Lipinski definition) is 10. The molecule has 4 rings (SSSR count). The second-order valence-corrected chi connectivity index (χ2v) is 9.68. The van der Waals surface area contributed by atoms with Gasteiger partial charge in [-0.3, -0.25) is 10.4 Å². The molecular weight excluding hydrogens is 606 g/mol. The van der Waals surface area contributed by atoms with Crippen LogP contribution in [0, 0.1) is 17.0 Å². The van der Waals surface area contributed by atoms with Crippen LogP contribution in [0.5, 0.6) is 34.8 Å². The lowest BCUT2D eigenvalue weighted by Gasteiger charge is -2.20. The van der Waals surface area contributed by atoms with Crippen LogP contribution in [0.4, 0.5) is 8.78 Å². The summed E-state index contributed by atoms with van der Waals surface area (Å²) in [5.41, 5.74) is 17.0. The van der Waals surface area contributed by atoms with Crippen molar-refractivity contribution < 1.29 is 37.6 Å². The average molecular weight is 639 g/mol. The number of imidazole rings is 1. The number of esters is 1. The molecule has 16 heteroatoms.